The second-order valence-electron chi connectivity index (χ2n) is 4.28. The van der Waals surface area contributed by atoms with Crippen LogP contribution in [0.3, 0.4) is 0 Å². The van der Waals surface area contributed by atoms with Crippen LogP contribution in [-0.4, -0.2) is 0 Å². The van der Waals surface area contributed by atoms with Crippen LogP contribution < -0.4 is 0 Å². The second kappa shape index (κ2) is 5.53. The van der Waals surface area contributed by atoms with Gasteiger partial charge in [-0.3, -0.25) is 0 Å². The third kappa shape index (κ3) is 3.10. The van der Waals surface area contributed by atoms with Gasteiger partial charge in [0.2, 0.25) is 0 Å². The Balaban J connectivity index is 3.20. The number of hydrogen-bond acceptors (Lipinski definition) is 1. The Morgan fingerprint density at radius 2 is 1.71 bits per heavy atom. The van der Waals surface area contributed by atoms with Gasteiger partial charge in [-0.1, -0.05) is 30.9 Å². The van der Waals surface area contributed by atoms with Gasteiger partial charge in [0.05, 0.1) is 0 Å². The number of allylic oxidation sites excluding steroid dienone is 4. The molecule has 0 aliphatic heterocycles. The standard InChI is InChI=1S/C16H20O/c1-7-8-9-15-13(5)14(6)16(17-15)10-12(4)11(2)3/h7-10H,1-2H2,3-6H3/b9-8-,12-10-. The summed E-state index contributed by atoms with van der Waals surface area (Å²) in [4.78, 5) is 0. The van der Waals surface area contributed by atoms with Gasteiger partial charge in [0.15, 0.2) is 0 Å². The minimum Gasteiger partial charge on any atom is -0.457 e. The predicted octanol–water partition coefficient (Wildman–Crippen LogP) is 5.08. The molecular formula is C16H20O. The minimum atomic E-state index is 0.892. The Morgan fingerprint density at radius 1 is 1.12 bits per heavy atom. The summed E-state index contributed by atoms with van der Waals surface area (Å²) in [7, 11) is 0. The first-order valence-corrected chi connectivity index (χ1v) is 5.70. The lowest BCUT2D eigenvalue weighted by atomic mass is 10.1. The van der Waals surface area contributed by atoms with E-state index in [2.05, 4.69) is 27.0 Å². The number of rotatable bonds is 4. The zero-order chi connectivity index (χ0) is 13.0. The maximum absolute atomic E-state index is 5.82. The highest BCUT2D eigenvalue weighted by atomic mass is 16.3. The highest BCUT2D eigenvalue weighted by Gasteiger charge is 2.09. The average Bonchev–Trinajstić information content (AvgIpc) is 2.54. The predicted molar refractivity (Wildman–Crippen MR) is 75.9 cm³/mol. The zero-order valence-corrected chi connectivity index (χ0v) is 11.1. The van der Waals surface area contributed by atoms with Gasteiger partial charge >= 0.3 is 0 Å². The molecule has 0 fully saturated rings. The Bertz CT molecular complexity index is 496. The van der Waals surface area contributed by atoms with Crippen LogP contribution in [0.4, 0.5) is 0 Å². The molecule has 0 N–H and O–H groups in total. The summed E-state index contributed by atoms with van der Waals surface area (Å²) in [5.41, 5.74) is 4.54. The lowest BCUT2D eigenvalue weighted by Gasteiger charge is -1.97. The fraction of sp³-hybridized carbons (Fsp3) is 0.250. The van der Waals surface area contributed by atoms with Gasteiger partial charge in [-0.2, -0.15) is 0 Å². The SMILES string of the molecule is C=C/C=C\c1oc(/C=C(/C)C(=C)C)c(C)c1C. The molecule has 0 saturated heterocycles. The van der Waals surface area contributed by atoms with E-state index in [9.17, 15) is 0 Å². The summed E-state index contributed by atoms with van der Waals surface area (Å²) >= 11 is 0. The fourth-order valence-corrected chi connectivity index (χ4v) is 1.41. The molecule has 0 bridgehead atoms. The van der Waals surface area contributed by atoms with Gasteiger partial charge < -0.3 is 4.42 Å². The van der Waals surface area contributed by atoms with E-state index >= 15 is 0 Å². The maximum atomic E-state index is 5.82. The normalized spacial score (nSPS) is 12.1. The first-order chi connectivity index (χ1) is 7.97. The van der Waals surface area contributed by atoms with E-state index in [1.54, 1.807) is 6.08 Å². The van der Waals surface area contributed by atoms with Crippen molar-refractivity contribution < 1.29 is 4.42 Å². The van der Waals surface area contributed by atoms with Crippen molar-refractivity contribution in [3.8, 4) is 0 Å². The van der Waals surface area contributed by atoms with E-state index in [0.29, 0.717) is 0 Å². The van der Waals surface area contributed by atoms with Crippen molar-refractivity contribution >= 4 is 12.2 Å². The largest absolute Gasteiger partial charge is 0.457 e. The lowest BCUT2D eigenvalue weighted by Crippen LogP contribution is -1.79. The Kier molecular flexibility index (Phi) is 4.33. The molecule has 1 heteroatoms. The topological polar surface area (TPSA) is 13.1 Å². The molecule has 1 rings (SSSR count). The highest BCUT2D eigenvalue weighted by Crippen LogP contribution is 2.25. The first-order valence-electron chi connectivity index (χ1n) is 5.70. The molecule has 1 heterocycles. The molecule has 1 aromatic rings. The third-order valence-electron chi connectivity index (χ3n) is 2.93. The van der Waals surface area contributed by atoms with E-state index in [0.717, 1.165) is 22.7 Å². The Labute approximate surface area is 104 Å². The van der Waals surface area contributed by atoms with Gasteiger partial charge in [-0.15, -0.1) is 0 Å². The molecule has 90 valence electrons. The molecule has 0 aliphatic rings. The molecule has 17 heavy (non-hydrogen) atoms. The zero-order valence-electron chi connectivity index (χ0n) is 11.1. The lowest BCUT2D eigenvalue weighted by molar-refractivity contribution is 0.543. The average molecular weight is 228 g/mol. The first kappa shape index (κ1) is 13.3. The van der Waals surface area contributed by atoms with Crippen LogP contribution in [0.25, 0.3) is 12.2 Å². The van der Waals surface area contributed by atoms with E-state index < -0.39 is 0 Å². The van der Waals surface area contributed by atoms with Gasteiger partial charge in [0.25, 0.3) is 0 Å². The summed E-state index contributed by atoms with van der Waals surface area (Å²) in [5.74, 6) is 1.80. The second-order valence-corrected chi connectivity index (χ2v) is 4.28. The highest BCUT2D eigenvalue weighted by molar-refractivity contribution is 5.61. The van der Waals surface area contributed by atoms with Crippen molar-refractivity contribution in [2.45, 2.75) is 27.7 Å². The van der Waals surface area contributed by atoms with Crippen molar-refractivity contribution in [2.24, 2.45) is 0 Å². The Morgan fingerprint density at radius 3 is 2.24 bits per heavy atom. The van der Waals surface area contributed by atoms with Gasteiger partial charge in [0, 0.05) is 0 Å². The van der Waals surface area contributed by atoms with Gasteiger partial charge in [-0.05, 0) is 56.5 Å². The van der Waals surface area contributed by atoms with Crippen LogP contribution in [0, 0.1) is 13.8 Å². The van der Waals surface area contributed by atoms with Crippen molar-refractivity contribution in [1.82, 2.24) is 0 Å². The van der Waals surface area contributed by atoms with E-state index in [4.69, 9.17) is 4.42 Å². The van der Waals surface area contributed by atoms with Crippen LogP contribution in [-0.2, 0) is 0 Å². The van der Waals surface area contributed by atoms with E-state index in [1.807, 2.05) is 32.1 Å². The van der Waals surface area contributed by atoms with Crippen LogP contribution in [0.1, 0.15) is 36.5 Å². The molecule has 0 aromatic carbocycles. The summed E-state index contributed by atoms with van der Waals surface area (Å²) in [5, 5.41) is 0. The number of hydrogen-bond donors (Lipinski definition) is 0. The van der Waals surface area contributed by atoms with Gasteiger partial charge in [-0.25, -0.2) is 0 Å². The van der Waals surface area contributed by atoms with Crippen molar-refractivity contribution in [2.75, 3.05) is 0 Å². The van der Waals surface area contributed by atoms with Crippen molar-refractivity contribution in [3.63, 3.8) is 0 Å². The molecule has 1 aromatic heterocycles. The van der Waals surface area contributed by atoms with Crippen LogP contribution in [0.5, 0.6) is 0 Å². The molecule has 0 aliphatic carbocycles. The van der Waals surface area contributed by atoms with Gasteiger partial charge in [0.1, 0.15) is 11.5 Å². The van der Waals surface area contributed by atoms with Crippen molar-refractivity contribution in [3.05, 3.63) is 59.1 Å². The molecule has 0 spiro atoms. The summed E-state index contributed by atoms with van der Waals surface area (Å²) in [6.45, 7) is 15.7. The molecule has 1 nitrogen and oxygen atoms in total. The molecule has 0 atom stereocenters. The van der Waals surface area contributed by atoms with Crippen LogP contribution >= 0.6 is 0 Å². The third-order valence-corrected chi connectivity index (χ3v) is 2.93. The minimum absolute atomic E-state index is 0.892. The molecule has 0 radical (unpaired) electrons. The molecule has 0 amide bonds. The van der Waals surface area contributed by atoms with E-state index in [1.165, 1.54) is 11.1 Å². The monoisotopic (exact) mass is 228 g/mol. The number of furan rings is 1. The van der Waals surface area contributed by atoms with Crippen molar-refractivity contribution in [1.29, 1.82) is 0 Å². The molecular weight excluding hydrogens is 208 g/mol. The van der Waals surface area contributed by atoms with Crippen LogP contribution in [0.2, 0.25) is 0 Å². The quantitative estimate of drug-likeness (QED) is 0.655. The van der Waals surface area contributed by atoms with E-state index in [-0.39, 0.29) is 0 Å². The summed E-state index contributed by atoms with van der Waals surface area (Å²) in [6.07, 6.45) is 7.59. The summed E-state index contributed by atoms with van der Waals surface area (Å²) in [6, 6.07) is 0. The molecule has 0 saturated carbocycles. The fourth-order valence-electron chi connectivity index (χ4n) is 1.41. The molecule has 0 unspecified atom stereocenters. The summed E-state index contributed by atoms with van der Waals surface area (Å²) < 4.78 is 5.82. The Hall–Kier alpha value is -1.76. The smallest absolute Gasteiger partial charge is 0.131 e. The van der Waals surface area contributed by atoms with Crippen LogP contribution in [0.15, 0.2) is 40.9 Å². The maximum Gasteiger partial charge on any atom is 0.131 e.